The highest BCUT2D eigenvalue weighted by Crippen LogP contribution is 2.28. The second kappa shape index (κ2) is 4.73. The quantitative estimate of drug-likeness (QED) is 0.801. The lowest BCUT2D eigenvalue weighted by atomic mass is 9.86. The van der Waals surface area contributed by atoms with Crippen LogP contribution in [0.3, 0.4) is 0 Å². The Kier molecular flexibility index (Phi) is 3.83. The molecule has 2 nitrogen and oxygen atoms in total. The average Bonchev–Trinajstić information content (AvgIpc) is 2.17. The third-order valence-electron chi connectivity index (χ3n) is 2.69. The van der Waals surface area contributed by atoms with Gasteiger partial charge >= 0.3 is 0 Å². The van der Waals surface area contributed by atoms with Gasteiger partial charge in [0.05, 0.1) is 0 Å². The lowest BCUT2D eigenvalue weighted by Crippen LogP contribution is -2.35. The van der Waals surface area contributed by atoms with Gasteiger partial charge in [0.1, 0.15) is 11.4 Å². The molecule has 15 heavy (non-hydrogen) atoms. The summed E-state index contributed by atoms with van der Waals surface area (Å²) in [7, 11) is 0. The van der Waals surface area contributed by atoms with Gasteiger partial charge in [-0.2, -0.15) is 0 Å². The van der Waals surface area contributed by atoms with Crippen LogP contribution in [-0.2, 0) is 5.60 Å². The van der Waals surface area contributed by atoms with Crippen molar-refractivity contribution in [2.75, 3.05) is 6.54 Å². The van der Waals surface area contributed by atoms with E-state index in [2.05, 4.69) is 0 Å². The predicted octanol–water partition coefficient (Wildman–Crippen LogP) is 2.08. The van der Waals surface area contributed by atoms with Crippen molar-refractivity contribution in [1.82, 2.24) is 0 Å². The Morgan fingerprint density at radius 3 is 2.60 bits per heavy atom. The summed E-state index contributed by atoms with van der Waals surface area (Å²) in [6, 6.07) is 4.40. The van der Waals surface area contributed by atoms with Gasteiger partial charge in [-0.1, -0.05) is 19.4 Å². The first-order valence-electron chi connectivity index (χ1n) is 5.22. The van der Waals surface area contributed by atoms with Crippen molar-refractivity contribution in [3.05, 3.63) is 35.1 Å². The summed E-state index contributed by atoms with van der Waals surface area (Å²) >= 11 is 0. The highest BCUT2D eigenvalue weighted by Gasteiger charge is 2.28. The molecule has 0 aromatic heterocycles. The van der Waals surface area contributed by atoms with Crippen LogP contribution in [0.15, 0.2) is 18.2 Å². The molecule has 0 saturated carbocycles. The number of hydrogen-bond acceptors (Lipinski definition) is 2. The molecule has 1 aromatic carbocycles. The van der Waals surface area contributed by atoms with Crippen LogP contribution >= 0.6 is 0 Å². The Balaban J connectivity index is 3.12. The van der Waals surface area contributed by atoms with Crippen molar-refractivity contribution in [3.63, 3.8) is 0 Å². The van der Waals surface area contributed by atoms with Gasteiger partial charge in [0.25, 0.3) is 0 Å². The minimum atomic E-state index is -1.02. The van der Waals surface area contributed by atoms with E-state index in [0.29, 0.717) is 6.42 Å². The summed E-state index contributed by atoms with van der Waals surface area (Å²) < 4.78 is 12.9. The van der Waals surface area contributed by atoms with Crippen molar-refractivity contribution in [2.45, 2.75) is 32.3 Å². The standard InChI is InChI=1S/C12H18FNO/c1-3-6-12(15,8-14)11-5-4-10(13)7-9(11)2/h4-5,7,15H,3,6,8,14H2,1-2H3. The maximum absolute atomic E-state index is 12.9. The van der Waals surface area contributed by atoms with Crippen molar-refractivity contribution >= 4 is 0 Å². The van der Waals surface area contributed by atoms with E-state index < -0.39 is 5.60 Å². The summed E-state index contributed by atoms with van der Waals surface area (Å²) in [6.45, 7) is 3.93. The maximum atomic E-state index is 12.9. The van der Waals surface area contributed by atoms with E-state index in [0.717, 1.165) is 17.5 Å². The summed E-state index contributed by atoms with van der Waals surface area (Å²) in [5.74, 6) is -0.285. The molecule has 1 atom stereocenters. The van der Waals surface area contributed by atoms with Crippen LogP contribution in [-0.4, -0.2) is 11.7 Å². The fourth-order valence-corrected chi connectivity index (χ4v) is 1.91. The second-order valence-electron chi connectivity index (χ2n) is 3.94. The minimum absolute atomic E-state index is 0.160. The SMILES string of the molecule is CCCC(O)(CN)c1ccc(F)cc1C. The number of benzene rings is 1. The lowest BCUT2D eigenvalue weighted by molar-refractivity contribution is 0.0353. The summed E-state index contributed by atoms with van der Waals surface area (Å²) in [4.78, 5) is 0. The zero-order valence-electron chi connectivity index (χ0n) is 9.26. The smallest absolute Gasteiger partial charge is 0.123 e. The molecule has 1 rings (SSSR count). The number of rotatable bonds is 4. The first kappa shape index (κ1) is 12.1. The zero-order valence-corrected chi connectivity index (χ0v) is 9.26. The molecule has 0 aliphatic carbocycles. The van der Waals surface area contributed by atoms with Crippen LogP contribution in [0.25, 0.3) is 0 Å². The predicted molar refractivity (Wildman–Crippen MR) is 59.0 cm³/mol. The summed E-state index contributed by atoms with van der Waals surface area (Å²) in [5.41, 5.74) is 6.04. The van der Waals surface area contributed by atoms with Crippen molar-refractivity contribution in [1.29, 1.82) is 0 Å². The second-order valence-corrected chi connectivity index (χ2v) is 3.94. The number of halogens is 1. The van der Waals surface area contributed by atoms with Gasteiger partial charge in [0.2, 0.25) is 0 Å². The molecular weight excluding hydrogens is 193 g/mol. The summed E-state index contributed by atoms with van der Waals surface area (Å²) in [5, 5.41) is 10.3. The van der Waals surface area contributed by atoms with Crippen LogP contribution < -0.4 is 5.73 Å². The number of aliphatic hydroxyl groups is 1. The molecule has 3 N–H and O–H groups in total. The van der Waals surface area contributed by atoms with Gasteiger partial charge in [-0.3, -0.25) is 0 Å². The molecule has 0 saturated heterocycles. The molecule has 0 spiro atoms. The Morgan fingerprint density at radius 1 is 1.47 bits per heavy atom. The summed E-state index contributed by atoms with van der Waals surface area (Å²) in [6.07, 6.45) is 1.43. The van der Waals surface area contributed by atoms with E-state index in [9.17, 15) is 9.50 Å². The topological polar surface area (TPSA) is 46.2 Å². The molecule has 3 heteroatoms. The van der Waals surface area contributed by atoms with Gasteiger partial charge in [-0.15, -0.1) is 0 Å². The number of aryl methyl sites for hydroxylation is 1. The van der Waals surface area contributed by atoms with Crippen molar-refractivity contribution < 1.29 is 9.50 Å². The Bertz CT molecular complexity index is 340. The zero-order chi connectivity index (χ0) is 11.5. The third kappa shape index (κ3) is 2.55. The first-order chi connectivity index (χ1) is 7.03. The van der Waals surface area contributed by atoms with Crippen molar-refractivity contribution in [3.8, 4) is 0 Å². The molecular formula is C12H18FNO. The maximum Gasteiger partial charge on any atom is 0.123 e. The minimum Gasteiger partial charge on any atom is -0.384 e. The molecule has 0 aliphatic heterocycles. The van der Waals surface area contributed by atoms with Crippen LogP contribution in [0.1, 0.15) is 30.9 Å². The normalized spacial score (nSPS) is 15.0. The fourth-order valence-electron chi connectivity index (χ4n) is 1.91. The molecule has 0 bridgehead atoms. The van der Waals surface area contributed by atoms with Crippen LogP contribution in [0.4, 0.5) is 4.39 Å². The molecule has 0 radical (unpaired) electrons. The van der Waals surface area contributed by atoms with Crippen molar-refractivity contribution in [2.24, 2.45) is 5.73 Å². The van der Waals surface area contributed by atoms with Gasteiger partial charge in [0, 0.05) is 6.54 Å². The molecule has 0 amide bonds. The van der Waals surface area contributed by atoms with Gasteiger partial charge in [0.15, 0.2) is 0 Å². The number of nitrogens with two attached hydrogens (primary N) is 1. The Hall–Kier alpha value is -0.930. The van der Waals surface area contributed by atoms with E-state index in [4.69, 9.17) is 5.73 Å². The van der Waals surface area contributed by atoms with E-state index in [1.165, 1.54) is 12.1 Å². The van der Waals surface area contributed by atoms with Gasteiger partial charge < -0.3 is 10.8 Å². The number of hydrogen-bond donors (Lipinski definition) is 2. The van der Waals surface area contributed by atoms with E-state index in [1.54, 1.807) is 13.0 Å². The molecule has 84 valence electrons. The highest BCUT2D eigenvalue weighted by atomic mass is 19.1. The first-order valence-corrected chi connectivity index (χ1v) is 5.22. The van der Waals surface area contributed by atoms with E-state index >= 15 is 0 Å². The average molecular weight is 211 g/mol. The molecule has 0 aliphatic rings. The van der Waals surface area contributed by atoms with Crippen LogP contribution in [0.2, 0.25) is 0 Å². The Morgan fingerprint density at radius 2 is 2.13 bits per heavy atom. The largest absolute Gasteiger partial charge is 0.384 e. The monoisotopic (exact) mass is 211 g/mol. The van der Waals surface area contributed by atoms with E-state index in [-0.39, 0.29) is 12.4 Å². The molecule has 1 aromatic rings. The molecule has 1 unspecified atom stereocenters. The lowest BCUT2D eigenvalue weighted by Gasteiger charge is -2.28. The third-order valence-corrected chi connectivity index (χ3v) is 2.69. The molecule has 0 heterocycles. The van der Waals surface area contributed by atoms with E-state index in [1.807, 2.05) is 6.92 Å². The fraction of sp³-hybridized carbons (Fsp3) is 0.500. The molecule has 0 fully saturated rings. The highest BCUT2D eigenvalue weighted by molar-refractivity contribution is 5.32. The van der Waals surface area contributed by atoms with Crippen LogP contribution in [0, 0.1) is 12.7 Å². The Labute approximate surface area is 89.9 Å². The van der Waals surface area contributed by atoms with Gasteiger partial charge in [-0.05, 0) is 36.6 Å². The van der Waals surface area contributed by atoms with Crippen LogP contribution in [0.5, 0.6) is 0 Å². The van der Waals surface area contributed by atoms with Gasteiger partial charge in [-0.25, -0.2) is 4.39 Å².